The lowest BCUT2D eigenvalue weighted by molar-refractivity contribution is -0.144. The maximum absolute atomic E-state index is 12.2. The van der Waals surface area contributed by atoms with Crippen molar-refractivity contribution in [3.8, 4) is 0 Å². The van der Waals surface area contributed by atoms with E-state index in [1.165, 1.54) is 0 Å². The molecule has 2 N–H and O–H groups in total. The molecule has 0 saturated carbocycles. The summed E-state index contributed by atoms with van der Waals surface area (Å²) in [5.41, 5.74) is 0. The molecular weight excluding hydrogens is 246 g/mol. The molecule has 110 valence electrons. The molecule has 5 nitrogen and oxygen atoms in total. The first kappa shape index (κ1) is 16.0. The van der Waals surface area contributed by atoms with Gasteiger partial charge in [-0.3, -0.25) is 4.79 Å². The molecule has 3 atom stereocenters. The average Bonchev–Trinajstić information content (AvgIpc) is 2.43. The summed E-state index contributed by atoms with van der Waals surface area (Å²) < 4.78 is 5.28. The standard InChI is InChI=1S/C14H25NO4/c1-4-9(2)12(14(17)18)15-13(16)10(3)11-5-7-19-8-6-11/h9-12H,4-8H2,1-3H3,(H,15,16)(H,17,18). The van der Waals surface area contributed by atoms with Crippen LogP contribution in [0.1, 0.15) is 40.0 Å². The Balaban J connectivity index is 2.57. The third kappa shape index (κ3) is 4.49. The average molecular weight is 271 g/mol. The number of carboxylic acids is 1. The van der Waals surface area contributed by atoms with Crippen LogP contribution >= 0.6 is 0 Å². The number of amides is 1. The molecule has 0 aromatic rings. The van der Waals surface area contributed by atoms with Gasteiger partial charge in [0.1, 0.15) is 6.04 Å². The zero-order valence-electron chi connectivity index (χ0n) is 12.0. The minimum Gasteiger partial charge on any atom is -0.480 e. The highest BCUT2D eigenvalue weighted by Crippen LogP contribution is 2.24. The lowest BCUT2D eigenvalue weighted by Gasteiger charge is -2.29. The minimum absolute atomic E-state index is 0.0664. The third-order valence-electron chi connectivity index (χ3n) is 4.16. The number of carbonyl (C=O) groups excluding carboxylic acids is 1. The second kappa shape index (κ2) is 7.48. The predicted octanol–water partition coefficient (Wildman–Crippen LogP) is 1.66. The first-order valence-electron chi connectivity index (χ1n) is 7.08. The molecule has 1 saturated heterocycles. The van der Waals surface area contributed by atoms with Gasteiger partial charge in [0.05, 0.1) is 0 Å². The number of ether oxygens (including phenoxy) is 1. The number of hydrogen-bond donors (Lipinski definition) is 2. The van der Waals surface area contributed by atoms with Crippen LogP contribution in [0, 0.1) is 17.8 Å². The topological polar surface area (TPSA) is 75.6 Å². The van der Waals surface area contributed by atoms with Crippen LogP contribution in [0.5, 0.6) is 0 Å². The summed E-state index contributed by atoms with van der Waals surface area (Å²) in [4.78, 5) is 23.4. The Kier molecular flexibility index (Phi) is 6.28. The quantitative estimate of drug-likeness (QED) is 0.770. The lowest BCUT2D eigenvalue weighted by Crippen LogP contribution is -2.48. The molecule has 0 bridgehead atoms. The van der Waals surface area contributed by atoms with E-state index >= 15 is 0 Å². The molecule has 0 aromatic carbocycles. The fraction of sp³-hybridized carbons (Fsp3) is 0.857. The van der Waals surface area contributed by atoms with Crippen LogP contribution in [-0.4, -0.2) is 36.2 Å². The van der Waals surface area contributed by atoms with E-state index in [4.69, 9.17) is 4.74 Å². The Labute approximate surface area is 114 Å². The highest BCUT2D eigenvalue weighted by Gasteiger charge is 2.31. The van der Waals surface area contributed by atoms with Gasteiger partial charge in [-0.05, 0) is 24.7 Å². The van der Waals surface area contributed by atoms with E-state index in [1.54, 1.807) is 0 Å². The smallest absolute Gasteiger partial charge is 0.326 e. The summed E-state index contributed by atoms with van der Waals surface area (Å²) in [5, 5.41) is 11.9. The second-order valence-corrected chi connectivity index (χ2v) is 5.45. The number of rotatable bonds is 6. The van der Waals surface area contributed by atoms with Crippen molar-refractivity contribution in [2.75, 3.05) is 13.2 Å². The van der Waals surface area contributed by atoms with Crippen molar-refractivity contribution in [2.45, 2.75) is 46.1 Å². The number of carbonyl (C=O) groups is 2. The molecule has 1 aliphatic rings. The molecule has 3 unspecified atom stereocenters. The summed E-state index contributed by atoms with van der Waals surface area (Å²) in [5.74, 6) is -1.04. The molecule has 1 heterocycles. The van der Waals surface area contributed by atoms with Gasteiger partial charge in [-0.2, -0.15) is 0 Å². The van der Waals surface area contributed by atoms with E-state index in [0.29, 0.717) is 19.1 Å². The van der Waals surface area contributed by atoms with Crippen molar-refractivity contribution >= 4 is 11.9 Å². The monoisotopic (exact) mass is 271 g/mol. The molecule has 19 heavy (non-hydrogen) atoms. The van der Waals surface area contributed by atoms with Crippen LogP contribution in [0.2, 0.25) is 0 Å². The molecule has 0 aromatic heterocycles. The van der Waals surface area contributed by atoms with Crippen molar-refractivity contribution in [1.82, 2.24) is 5.32 Å². The van der Waals surface area contributed by atoms with Crippen molar-refractivity contribution < 1.29 is 19.4 Å². The minimum atomic E-state index is -0.957. The van der Waals surface area contributed by atoms with E-state index in [9.17, 15) is 14.7 Å². The normalized spacial score (nSPS) is 21.4. The van der Waals surface area contributed by atoms with Crippen LogP contribution in [0.15, 0.2) is 0 Å². The first-order chi connectivity index (χ1) is 8.97. The summed E-state index contributed by atoms with van der Waals surface area (Å²) in [7, 11) is 0. The maximum atomic E-state index is 12.2. The van der Waals surface area contributed by atoms with E-state index in [1.807, 2.05) is 20.8 Å². The number of nitrogens with one attached hydrogen (secondary N) is 1. The Bertz CT molecular complexity index is 313. The Morgan fingerprint density at radius 1 is 1.32 bits per heavy atom. The number of carboxylic acid groups (broad SMARTS) is 1. The van der Waals surface area contributed by atoms with Gasteiger partial charge in [-0.1, -0.05) is 27.2 Å². The van der Waals surface area contributed by atoms with Crippen molar-refractivity contribution in [1.29, 1.82) is 0 Å². The first-order valence-corrected chi connectivity index (χ1v) is 7.08. The fourth-order valence-electron chi connectivity index (χ4n) is 2.40. The van der Waals surface area contributed by atoms with Crippen LogP contribution in [0.4, 0.5) is 0 Å². The lowest BCUT2D eigenvalue weighted by atomic mass is 9.86. The maximum Gasteiger partial charge on any atom is 0.326 e. The van der Waals surface area contributed by atoms with Gasteiger partial charge in [0.25, 0.3) is 0 Å². The van der Waals surface area contributed by atoms with Gasteiger partial charge in [0, 0.05) is 19.1 Å². The van der Waals surface area contributed by atoms with Gasteiger partial charge in [0.2, 0.25) is 5.91 Å². The molecule has 0 radical (unpaired) electrons. The van der Waals surface area contributed by atoms with Crippen molar-refractivity contribution in [3.05, 3.63) is 0 Å². The van der Waals surface area contributed by atoms with Crippen LogP contribution in [0.3, 0.4) is 0 Å². The summed E-state index contributed by atoms with van der Waals surface area (Å²) in [6.45, 7) is 7.03. The van der Waals surface area contributed by atoms with Gasteiger partial charge >= 0.3 is 5.97 Å². The zero-order chi connectivity index (χ0) is 14.4. The van der Waals surface area contributed by atoms with Crippen LogP contribution < -0.4 is 5.32 Å². The van der Waals surface area contributed by atoms with Crippen molar-refractivity contribution in [3.63, 3.8) is 0 Å². The highest BCUT2D eigenvalue weighted by molar-refractivity contribution is 5.85. The van der Waals surface area contributed by atoms with E-state index in [-0.39, 0.29) is 17.7 Å². The van der Waals surface area contributed by atoms with Crippen molar-refractivity contribution in [2.24, 2.45) is 17.8 Å². The number of aliphatic carboxylic acids is 1. The zero-order valence-corrected chi connectivity index (χ0v) is 12.0. The van der Waals surface area contributed by atoms with Crippen LogP contribution in [0.25, 0.3) is 0 Å². The molecule has 1 fully saturated rings. The number of hydrogen-bond acceptors (Lipinski definition) is 3. The predicted molar refractivity (Wildman–Crippen MR) is 71.7 cm³/mol. The Hall–Kier alpha value is -1.10. The molecule has 5 heteroatoms. The summed E-state index contributed by atoms with van der Waals surface area (Å²) >= 11 is 0. The molecular formula is C14H25NO4. The van der Waals surface area contributed by atoms with Gasteiger partial charge < -0.3 is 15.2 Å². The third-order valence-corrected chi connectivity index (χ3v) is 4.16. The van der Waals surface area contributed by atoms with Gasteiger partial charge in [0.15, 0.2) is 0 Å². The largest absolute Gasteiger partial charge is 0.480 e. The molecule has 1 amide bonds. The highest BCUT2D eigenvalue weighted by atomic mass is 16.5. The molecule has 1 aliphatic heterocycles. The molecule has 1 rings (SSSR count). The summed E-state index contributed by atoms with van der Waals surface area (Å²) in [6, 6.07) is -0.792. The van der Waals surface area contributed by atoms with E-state index in [2.05, 4.69) is 5.32 Å². The van der Waals surface area contributed by atoms with Gasteiger partial charge in [-0.15, -0.1) is 0 Å². The second-order valence-electron chi connectivity index (χ2n) is 5.45. The molecule has 0 aliphatic carbocycles. The van der Waals surface area contributed by atoms with E-state index < -0.39 is 12.0 Å². The molecule has 0 spiro atoms. The van der Waals surface area contributed by atoms with E-state index in [0.717, 1.165) is 19.3 Å². The summed E-state index contributed by atoms with van der Waals surface area (Å²) in [6.07, 6.45) is 2.47. The van der Waals surface area contributed by atoms with Gasteiger partial charge in [-0.25, -0.2) is 4.79 Å². The van der Waals surface area contributed by atoms with Crippen LogP contribution in [-0.2, 0) is 14.3 Å². The SMILES string of the molecule is CCC(C)C(NC(=O)C(C)C1CCOCC1)C(=O)O. The Morgan fingerprint density at radius 3 is 2.37 bits per heavy atom. The Morgan fingerprint density at radius 2 is 1.89 bits per heavy atom. The fourth-order valence-corrected chi connectivity index (χ4v) is 2.40.